The Hall–Kier alpha value is -2.33. The first-order valence-electron chi connectivity index (χ1n) is 8.31. The maximum absolute atomic E-state index is 11.9. The number of halogens is 1. The zero-order valence-electron chi connectivity index (χ0n) is 14.8. The molecule has 0 saturated carbocycles. The van der Waals surface area contributed by atoms with Crippen molar-refractivity contribution in [2.45, 2.75) is 33.1 Å². The molecule has 1 N–H and O–H groups in total. The van der Waals surface area contributed by atoms with E-state index in [-0.39, 0.29) is 12.5 Å². The van der Waals surface area contributed by atoms with E-state index in [9.17, 15) is 4.79 Å². The van der Waals surface area contributed by atoms with E-state index in [0.717, 1.165) is 12.0 Å². The summed E-state index contributed by atoms with van der Waals surface area (Å²) in [4.78, 5) is 11.9. The van der Waals surface area contributed by atoms with Crippen molar-refractivity contribution >= 4 is 23.2 Å². The fourth-order valence-electron chi connectivity index (χ4n) is 2.21. The van der Waals surface area contributed by atoms with E-state index in [2.05, 4.69) is 24.4 Å². The zero-order chi connectivity index (χ0) is 18.2. The highest BCUT2D eigenvalue weighted by Gasteiger charge is 2.05. The van der Waals surface area contributed by atoms with Gasteiger partial charge in [-0.15, -0.1) is 0 Å². The highest BCUT2D eigenvalue weighted by molar-refractivity contribution is 6.30. The lowest BCUT2D eigenvalue weighted by Crippen LogP contribution is -2.25. The van der Waals surface area contributed by atoms with Crippen LogP contribution in [0.5, 0.6) is 5.75 Å². The summed E-state index contributed by atoms with van der Waals surface area (Å²) >= 11 is 5.85. The summed E-state index contributed by atoms with van der Waals surface area (Å²) in [6, 6.07) is 15.1. The van der Waals surface area contributed by atoms with Gasteiger partial charge in [-0.05, 0) is 54.7 Å². The molecule has 2 rings (SSSR count). The van der Waals surface area contributed by atoms with Gasteiger partial charge in [-0.2, -0.15) is 5.10 Å². The molecule has 0 aliphatic rings. The second-order valence-electron chi connectivity index (χ2n) is 5.91. The number of nitrogens with zero attached hydrogens (tertiary/aromatic N) is 1. The number of carbonyl (C=O) groups is 1. The summed E-state index contributed by atoms with van der Waals surface area (Å²) in [6.45, 7) is 6.08. The number of amides is 1. The van der Waals surface area contributed by atoms with Crippen LogP contribution < -0.4 is 10.2 Å². The Bertz CT molecular complexity index is 724. The van der Waals surface area contributed by atoms with Gasteiger partial charge in [0.25, 0.3) is 5.91 Å². The molecule has 5 heteroatoms. The molecular formula is C20H23ClN2O2. The molecule has 25 heavy (non-hydrogen) atoms. The van der Waals surface area contributed by atoms with Crippen molar-refractivity contribution in [2.24, 2.45) is 5.10 Å². The molecule has 4 nitrogen and oxygen atoms in total. The number of rotatable bonds is 7. The Labute approximate surface area is 153 Å². The van der Waals surface area contributed by atoms with Crippen molar-refractivity contribution in [3.8, 4) is 5.75 Å². The van der Waals surface area contributed by atoms with Crippen LogP contribution in [0.25, 0.3) is 0 Å². The molecule has 0 aliphatic heterocycles. The number of hydrogen-bond acceptors (Lipinski definition) is 3. The standard InChI is InChI=1S/C20H23ClN2O2/c1-4-14(2)16-7-11-19(12-8-16)25-13-20(24)23-22-15(3)17-5-9-18(21)10-6-17/h5-12,14H,4,13H2,1-3H3,(H,23,24). The van der Waals surface area contributed by atoms with Crippen LogP contribution in [0.4, 0.5) is 0 Å². The molecule has 2 aromatic rings. The van der Waals surface area contributed by atoms with Gasteiger partial charge in [-0.1, -0.05) is 49.7 Å². The smallest absolute Gasteiger partial charge is 0.277 e. The number of hydrogen-bond donors (Lipinski definition) is 1. The van der Waals surface area contributed by atoms with Crippen LogP contribution in [0.3, 0.4) is 0 Å². The average Bonchev–Trinajstić information content (AvgIpc) is 2.64. The molecule has 1 atom stereocenters. The molecule has 0 aromatic heterocycles. The molecular weight excluding hydrogens is 336 g/mol. The van der Waals surface area contributed by atoms with Crippen molar-refractivity contribution < 1.29 is 9.53 Å². The van der Waals surface area contributed by atoms with Gasteiger partial charge in [0.05, 0.1) is 5.71 Å². The molecule has 0 spiro atoms. The third kappa shape index (κ3) is 5.91. The Morgan fingerprint density at radius 3 is 2.40 bits per heavy atom. The topological polar surface area (TPSA) is 50.7 Å². The maximum atomic E-state index is 11.9. The van der Waals surface area contributed by atoms with Crippen molar-refractivity contribution in [3.05, 3.63) is 64.7 Å². The first-order chi connectivity index (χ1) is 12.0. The van der Waals surface area contributed by atoms with Crippen molar-refractivity contribution in [3.63, 3.8) is 0 Å². The number of hydrazone groups is 1. The van der Waals surface area contributed by atoms with Gasteiger partial charge in [0, 0.05) is 5.02 Å². The Kier molecular flexibility index (Phi) is 7.02. The summed E-state index contributed by atoms with van der Waals surface area (Å²) in [5.41, 5.74) is 5.35. The van der Waals surface area contributed by atoms with Crippen LogP contribution in [-0.2, 0) is 4.79 Å². The summed E-state index contributed by atoms with van der Waals surface area (Å²) in [6.07, 6.45) is 1.09. The van der Waals surface area contributed by atoms with Crippen molar-refractivity contribution in [2.75, 3.05) is 6.61 Å². The SMILES string of the molecule is CCC(C)c1ccc(OCC(=O)NN=C(C)c2ccc(Cl)cc2)cc1. The quantitative estimate of drug-likeness (QED) is 0.572. The van der Waals surface area contributed by atoms with Crippen LogP contribution in [0.2, 0.25) is 5.02 Å². The largest absolute Gasteiger partial charge is 0.484 e. The summed E-state index contributed by atoms with van der Waals surface area (Å²) in [7, 11) is 0. The van der Waals surface area contributed by atoms with Crippen molar-refractivity contribution in [1.29, 1.82) is 0 Å². The third-order valence-electron chi connectivity index (χ3n) is 4.04. The minimum absolute atomic E-state index is 0.0833. The summed E-state index contributed by atoms with van der Waals surface area (Å²) in [5, 5.41) is 4.74. The van der Waals surface area contributed by atoms with E-state index in [0.29, 0.717) is 22.4 Å². The number of benzene rings is 2. The normalized spacial score (nSPS) is 12.6. The molecule has 0 saturated heterocycles. The van der Waals surface area contributed by atoms with Gasteiger partial charge in [0.2, 0.25) is 0 Å². The average molecular weight is 359 g/mol. The van der Waals surface area contributed by atoms with Gasteiger partial charge in [0.15, 0.2) is 6.61 Å². The molecule has 1 unspecified atom stereocenters. The molecule has 0 heterocycles. The number of nitrogens with one attached hydrogen (secondary N) is 1. The highest BCUT2D eigenvalue weighted by atomic mass is 35.5. The van der Waals surface area contributed by atoms with Crippen molar-refractivity contribution in [1.82, 2.24) is 5.43 Å². The van der Waals surface area contributed by atoms with Gasteiger partial charge >= 0.3 is 0 Å². The predicted molar refractivity (Wildman–Crippen MR) is 102 cm³/mol. The molecule has 0 bridgehead atoms. The summed E-state index contributed by atoms with van der Waals surface area (Å²) in [5.74, 6) is 0.877. The fraction of sp³-hybridized carbons (Fsp3) is 0.300. The van der Waals surface area contributed by atoms with E-state index < -0.39 is 0 Å². The van der Waals surface area contributed by atoms with Crippen LogP contribution >= 0.6 is 11.6 Å². The van der Waals surface area contributed by atoms with Gasteiger partial charge in [-0.3, -0.25) is 4.79 Å². The zero-order valence-corrected chi connectivity index (χ0v) is 15.5. The molecule has 2 aromatic carbocycles. The predicted octanol–water partition coefficient (Wildman–Crippen LogP) is 4.77. The molecule has 0 radical (unpaired) electrons. The lowest BCUT2D eigenvalue weighted by Gasteiger charge is -2.10. The number of carbonyl (C=O) groups excluding carboxylic acids is 1. The van der Waals surface area contributed by atoms with Gasteiger partial charge < -0.3 is 4.74 Å². The van der Waals surface area contributed by atoms with Crippen LogP contribution in [0, 0.1) is 0 Å². The van der Waals surface area contributed by atoms with E-state index >= 15 is 0 Å². The minimum Gasteiger partial charge on any atom is -0.484 e. The first kappa shape index (κ1) is 19.0. The monoisotopic (exact) mass is 358 g/mol. The van der Waals surface area contributed by atoms with Crippen LogP contribution in [-0.4, -0.2) is 18.2 Å². The number of ether oxygens (including phenoxy) is 1. The first-order valence-corrected chi connectivity index (χ1v) is 8.69. The maximum Gasteiger partial charge on any atom is 0.277 e. The third-order valence-corrected chi connectivity index (χ3v) is 4.29. The minimum atomic E-state index is -0.306. The molecule has 132 valence electrons. The second kappa shape index (κ2) is 9.23. The molecule has 1 amide bonds. The highest BCUT2D eigenvalue weighted by Crippen LogP contribution is 2.21. The molecule has 0 fully saturated rings. The summed E-state index contributed by atoms with van der Waals surface area (Å²) < 4.78 is 5.49. The molecule has 0 aliphatic carbocycles. The van der Waals surface area contributed by atoms with E-state index in [1.54, 1.807) is 12.1 Å². The van der Waals surface area contributed by atoms with Crippen LogP contribution in [0.1, 0.15) is 44.2 Å². The van der Waals surface area contributed by atoms with Crippen LogP contribution in [0.15, 0.2) is 53.6 Å². The van der Waals surface area contributed by atoms with Gasteiger partial charge in [0.1, 0.15) is 5.75 Å². The lowest BCUT2D eigenvalue weighted by atomic mass is 9.99. The second-order valence-corrected chi connectivity index (χ2v) is 6.34. The van der Waals surface area contributed by atoms with E-state index in [4.69, 9.17) is 16.3 Å². The Morgan fingerprint density at radius 1 is 1.16 bits per heavy atom. The lowest BCUT2D eigenvalue weighted by molar-refractivity contribution is -0.123. The fourth-order valence-corrected chi connectivity index (χ4v) is 2.34. The van der Waals surface area contributed by atoms with E-state index in [1.807, 2.05) is 43.3 Å². The Morgan fingerprint density at radius 2 is 1.80 bits per heavy atom. The Balaban J connectivity index is 1.84. The van der Waals surface area contributed by atoms with E-state index in [1.165, 1.54) is 5.56 Å². The van der Waals surface area contributed by atoms with Gasteiger partial charge in [-0.25, -0.2) is 5.43 Å².